The quantitative estimate of drug-likeness (QED) is 0.651. The van der Waals surface area contributed by atoms with Crippen molar-refractivity contribution in [2.24, 2.45) is 0 Å². The second-order valence-corrected chi connectivity index (χ2v) is 4.26. The van der Waals surface area contributed by atoms with Crippen LogP contribution in [0, 0.1) is 6.92 Å². The zero-order valence-electron chi connectivity index (χ0n) is 10.00. The van der Waals surface area contributed by atoms with Gasteiger partial charge in [0.1, 0.15) is 5.65 Å². The minimum absolute atomic E-state index is 0.0631. The molecule has 3 heteroatoms. The molecule has 0 aliphatic carbocycles. The summed E-state index contributed by atoms with van der Waals surface area (Å²) in [7, 11) is 0. The van der Waals surface area contributed by atoms with Crippen LogP contribution in [0.25, 0.3) is 16.7 Å². The Bertz CT molecular complexity index is 775. The van der Waals surface area contributed by atoms with Crippen LogP contribution >= 0.6 is 0 Å². The minimum atomic E-state index is -0.0631. The van der Waals surface area contributed by atoms with Crippen LogP contribution in [0.4, 0.5) is 0 Å². The number of rotatable bonds is 1. The Morgan fingerprint density at radius 1 is 1.06 bits per heavy atom. The van der Waals surface area contributed by atoms with Crippen molar-refractivity contribution in [2.75, 3.05) is 0 Å². The number of aromatic nitrogens is 2. The Morgan fingerprint density at radius 2 is 1.94 bits per heavy atom. The molecule has 2 aromatic heterocycles. The third kappa shape index (κ3) is 1.70. The van der Waals surface area contributed by atoms with Gasteiger partial charge in [0.2, 0.25) is 0 Å². The average Bonchev–Trinajstić information content (AvgIpc) is 2.38. The van der Waals surface area contributed by atoms with E-state index in [9.17, 15) is 4.79 Å². The highest BCUT2D eigenvalue weighted by atomic mass is 16.1. The molecule has 0 fully saturated rings. The van der Waals surface area contributed by atoms with Gasteiger partial charge in [-0.1, -0.05) is 12.1 Å². The molecule has 3 aromatic rings. The van der Waals surface area contributed by atoms with Gasteiger partial charge < -0.3 is 0 Å². The number of fused-ring (bicyclic) bond motifs is 1. The van der Waals surface area contributed by atoms with E-state index in [0.29, 0.717) is 5.65 Å². The van der Waals surface area contributed by atoms with Gasteiger partial charge in [0.15, 0.2) is 0 Å². The van der Waals surface area contributed by atoms with Gasteiger partial charge in [-0.2, -0.15) is 0 Å². The van der Waals surface area contributed by atoms with Crippen molar-refractivity contribution in [3.8, 4) is 5.69 Å². The van der Waals surface area contributed by atoms with Gasteiger partial charge in [-0.05, 0) is 42.8 Å². The van der Waals surface area contributed by atoms with Crippen molar-refractivity contribution in [3.63, 3.8) is 0 Å². The first-order valence-corrected chi connectivity index (χ1v) is 5.79. The van der Waals surface area contributed by atoms with E-state index in [1.54, 1.807) is 22.9 Å². The Hall–Kier alpha value is -2.42. The molecule has 0 aliphatic rings. The van der Waals surface area contributed by atoms with Crippen LogP contribution in [0.1, 0.15) is 5.56 Å². The number of hydrogen-bond donors (Lipinski definition) is 0. The maximum absolute atomic E-state index is 12.1. The first kappa shape index (κ1) is 10.7. The molecule has 0 saturated carbocycles. The lowest BCUT2D eigenvalue weighted by molar-refractivity contribution is 1.01. The molecule has 0 N–H and O–H groups in total. The second kappa shape index (κ2) is 4.11. The zero-order chi connectivity index (χ0) is 12.5. The average molecular weight is 236 g/mol. The largest absolute Gasteiger partial charge is 0.269 e. The van der Waals surface area contributed by atoms with Gasteiger partial charge in [-0.25, -0.2) is 4.98 Å². The summed E-state index contributed by atoms with van der Waals surface area (Å²) in [6.07, 6.45) is 1.70. The Labute approximate surface area is 104 Å². The molecule has 3 nitrogen and oxygen atoms in total. The van der Waals surface area contributed by atoms with Crippen LogP contribution in [-0.2, 0) is 0 Å². The highest BCUT2D eigenvalue weighted by molar-refractivity contribution is 5.76. The molecule has 0 radical (unpaired) electrons. The van der Waals surface area contributed by atoms with Gasteiger partial charge in [0, 0.05) is 17.6 Å². The van der Waals surface area contributed by atoms with Crippen molar-refractivity contribution >= 4 is 11.0 Å². The first-order valence-electron chi connectivity index (χ1n) is 5.79. The second-order valence-electron chi connectivity index (χ2n) is 4.26. The molecule has 0 aliphatic heterocycles. The number of nitrogens with zero attached hydrogens (tertiary/aromatic N) is 2. The molecule has 0 unspecified atom stereocenters. The smallest absolute Gasteiger partial charge is 0.256 e. The first-order chi connectivity index (χ1) is 8.75. The van der Waals surface area contributed by atoms with Crippen molar-refractivity contribution in [2.45, 2.75) is 6.92 Å². The maximum Gasteiger partial charge on any atom is 0.256 e. The summed E-state index contributed by atoms with van der Waals surface area (Å²) in [5, 5.41) is 0.957. The van der Waals surface area contributed by atoms with Crippen LogP contribution < -0.4 is 5.56 Å². The lowest BCUT2D eigenvalue weighted by atomic mass is 10.2. The monoisotopic (exact) mass is 236 g/mol. The summed E-state index contributed by atoms with van der Waals surface area (Å²) < 4.78 is 1.64. The zero-order valence-corrected chi connectivity index (χ0v) is 10.00. The summed E-state index contributed by atoms with van der Waals surface area (Å²) >= 11 is 0. The molecular weight excluding hydrogens is 224 g/mol. The molecule has 0 amide bonds. The van der Waals surface area contributed by atoms with Gasteiger partial charge in [-0.3, -0.25) is 9.36 Å². The molecule has 18 heavy (non-hydrogen) atoms. The number of pyridine rings is 2. The molecule has 3 rings (SSSR count). The standard InChI is InChI=1S/C15H12N2O/c1-11-4-2-6-13(10-11)17-14(18)8-7-12-5-3-9-16-15(12)17/h2-10H,1H3. The van der Waals surface area contributed by atoms with E-state index in [-0.39, 0.29) is 5.56 Å². The van der Waals surface area contributed by atoms with Gasteiger partial charge in [0.25, 0.3) is 5.56 Å². The Kier molecular flexibility index (Phi) is 2.45. The van der Waals surface area contributed by atoms with E-state index in [4.69, 9.17) is 0 Å². The van der Waals surface area contributed by atoms with E-state index in [1.807, 2.05) is 43.3 Å². The Balaban J connectivity index is 2.41. The van der Waals surface area contributed by atoms with Crippen molar-refractivity contribution in [1.82, 2.24) is 9.55 Å². The highest BCUT2D eigenvalue weighted by Gasteiger charge is 2.05. The highest BCUT2D eigenvalue weighted by Crippen LogP contribution is 2.14. The van der Waals surface area contributed by atoms with Crippen LogP contribution in [-0.4, -0.2) is 9.55 Å². The third-order valence-electron chi connectivity index (χ3n) is 2.91. The van der Waals surface area contributed by atoms with Crippen LogP contribution in [0.2, 0.25) is 0 Å². The number of aryl methyl sites for hydroxylation is 1. The van der Waals surface area contributed by atoms with Crippen LogP contribution in [0.5, 0.6) is 0 Å². The Morgan fingerprint density at radius 3 is 2.78 bits per heavy atom. The van der Waals surface area contributed by atoms with Gasteiger partial charge >= 0.3 is 0 Å². The fraction of sp³-hybridized carbons (Fsp3) is 0.0667. The number of hydrogen-bond acceptors (Lipinski definition) is 2. The van der Waals surface area contributed by atoms with E-state index < -0.39 is 0 Å². The normalized spacial score (nSPS) is 10.7. The fourth-order valence-corrected chi connectivity index (χ4v) is 2.08. The summed E-state index contributed by atoms with van der Waals surface area (Å²) in [6.45, 7) is 2.01. The predicted molar refractivity (Wildman–Crippen MR) is 72.1 cm³/mol. The topological polar surface area (TPSA) is 34.9 Å². The molecule has 0 atom stereocenters. The maximum atomic E-state index is 12.1. The molecule has 0 saturated heterocycles. The fourth-order valence-electron chi connectivity index (χ4n) is 2.08. The summed E-state index contributed by atoms with van der Waals surface area (Å²) in [5.74, 6) is 0. The van der Waals surface area contributed by atoms with Gasteiger partial charge in [-0.15, -0.1) is 0 Å². The van der Waals surface area contributed by atoms with Gasteiger partial charge in [0.05, 0.1) is 5.69 Å². The van der Waals surface area contributed by atoms with E-state index in [2.05, 4.69) is 4.98 Å². The summed E-state index contributed by atoms with van der Waals surface area (Å²) in [5.41, 5.74) is 2.60. The third-order valence-corrected chi connectivity index (χ3v) is 2.91. The lowest BCUT2D eigenvalue weighted by Gasteiger charge is -2.09. The van der Waals surface area contributed by atoms with Crippen molar-refractivity contribution in [3.05, 3.63) is 70.6 Å². The lowest BCUT2D eigenvalue weighted by Crippen LogP contribution is -2.18. The minimum Gasteiger partial charge on any atom is -0.269 e. The SMILES string of the molecule is Cc1cccc(-n2c(=O)ccc3cccnc32)c1. The van der Waals surface area contributed by atoms with E-state index in [1.165, 1.54) is 0 Å². The summed E-state index contributed by atoms with van der Waals surface area (Å²) in [6, 6.07) is 15.1. The molecular formula is C15H12N2O. The molecule has 0 bridgehead atoms. The predicted octanol–water partition coefficient (Wildman–Crippen LogP) is 2.69. The van der Waals surface area contributed by atoms with Crippen LogP contribution in [0.3, 0.4) is 0 Å². The number of benzene rings is 1. The van der Waals surface area contributed by atoms with Crippen molar-refractivity contribution in [1.29, 1.82) is 0 Å². The van der Waals surface area contributed by atoms with Crippen LogP contribution in [0.15, 0.2) is 59.5 Å². The van der Waals surface area contributed by atoms with E-state index in [0.717, 1.165) is 16.6 Å². The summed E-state index contributed by atoms with van der Waals surface area (Å²) in [4.78, 5) is 16.4. The molecule has 0 spiro atoms. The molecule has 88 valence electrons. The molecule has 2 heterocycles. The van der Waals surface area contributed by atoms with E-state index >= 15 is 0 Å². The molecule has 1 aromatic carbocycles. The van der Waals surface area contributed by atoms with Crippen molar-refractivity contribution < 1.29 is 0 Å².